The molecule has 1 heterocycles. The lowest BCUT2D eigenvalue weighted by Gasteiger charge is -2.11. The van der Waals surface area contributed by atoms with Gasteiger partial charge in [-0.15, -0.1) is 0 Å². The van der Waals surface area contributed by atoms with E-state index in [4.69, 9.17) is 0 Å². The summed E-state index contributed by atoms with van der Waals surface area (Å²) in [5.41, 5.74) is 2.28. The zero-order valence-electron chi connectivity index (χ0n) is 11.5. The van der Waals surface area contributed by atoms with Crippen LogP contribution < -0.4 is 0 Å². The molecule has 1 unspecified atom stereocenters. The van der Waals surface area contributed by atoms with Crippen molar-refractivity contribution in [2.24, 2.45) is 0 Å². The Hall–Kier alpha value is -1.46. The van der Waals surface area contributed by atoms with Crippen LogP contribution in [0.1, 0.15) is 30.0 Å². The SMILES string of the molecule is CCn1nc(C)c(Br)c1CC(=O)C(O)c1ccccc1. The van der Waals surface area contributed by atoms with E-state index in [2.05, 4.69) is 21.0 Å². The number of nitrogens with zero attached hydrogens (tertiary/aromatic N) is 2. The largest absolute Gasteiger partial charge is 0.381 e. The van der Waals surface area contributed by atoms with E-state index in [-0.39, 0.29) is 12.2 Å². The van der Waals surface area contributed by atoms with Crippen molar-refractivity contribution in [3.63, 3.8) is 0 Å². The molecule has 0 amide bonds. The van der Waals surface area contributed by atoms with Crippen LogP contribution in [-0.2, 0) is 17.8 Å². The fourth-order valence-electron chi connectivity index (χ4n) is 2.12. The molecule has 0 radical (unpaired) electrons. The van der Waals surface area contributed by atoms with E-state index in [9.17, 15) is 9.90 Å². The third-order valence-electron chi connectivity index (χ3n) is 3.21. The molecular formula is C15H17BrN2O2. The van der Waals surface area contributed by atoms with E-state index in [0.29, 0.717) is 12.1 Å². The number of rotatable bonds is 5. The minimum Gasteiger partial charge on any atom is -0.381 e. The van der Waals surface area contributed by atoms with Gasteiger partial charge in [-0.1, -0.05) is 30.3 Å². The minimum absolute atomic E-state index is 0.158. The zero-order valence-corrected chi connectivity index (χ0v) is 13.1. The highest BCUT2D eigenvalue weighted by atomic mass is 79.9. The van der Waals surface area contributed by atoms with Crippen LogP contribution in [0.3, 0.4) is 0 Å². The van der Waals surface area contributed by atoms with Gasteiger partial charge in [0, 0.05) is 6.54 Å². The summed E-state index contributed by atoms with van der Waals surface area (Å²) in [6, 6.07) is 8.97. The van der Waals surface area contributed by atoms with Crippen molar-refractivity contribution in [1.82, 2.24) is 9.78 Å². The first-order valence-corrected chi connectivity index (χ1v) is 7.31. The lowest BCUT2D eigenvalue weighted by molar-refractivity contribution is -0.126. The van der Waals surface area contributed by atoms with Crippen LogP contribution >= 0.6 is 15.9 Å². The second-order valence-corrected chi connectivity index (χ2v) is 5.41. The van der Waals surface area contributed by atoms with E-state index in [1.165, 1.54) is 0 Å². The van der Waals surface area contributed by atoms with Crippen molar-refractivity contribution < 1.29 is 9.90 Å². The number of Topliss-reactive ketones (excluding diaryl/α,β-unsaturated/α-hetero) is 1. The van der Waals surface area contributed by atoms with Crippen LogP contribution in [0.2, 0.25) is 0 Å². The molecule has 20 heavy (non-hydrogen) atoms. The zero-order chi connectivity index (χ0) is 14.7. The predicted molar refractivity (Wildman–Crippen MR) is 80.5 cm³/mol. The number of aliphatic hydroxyl groups is 1. The van der Waals surface area contributed by atoms with Gasteiger partial charge in [-0.2, -0.15) is 5.10 Å². The number of ketones is 1. The second kappa shape index (κ2) is 6.33. The summed E-state index contributed by atoms with van der Waals surface area (Å²) >= 11 is 3.46. The number of benzene rings is 1. The van der Waals surface area contributed by atoms with Crippen molar-refractivity contribution in [1.29, 1.82) is 0 Å². The van der Waals surface area contributed by atoms with Crippen LogP contribution in [0.15, 0.2) is 34.8 Å². The first kappa shape index (κ1) is 14.9. The smallest absolute Gasteiger partial charge is 0.171 e. The molecule has 0 fully saturated rings. The summed E-state index contributed by atoms with van der Waals surface area (Å²) in [4.78, 5) is 12.2. The number of aromatic nitrogens is 2. The van der Waals surface area contributed by atoms with Gasteiger partial charge >= 0.3 is 0 Å². The Labute approximate surface area is 126 Å². The van der Waals surface area contributed by atoms with Crippen LogP contribution in [0.4, 0.5) is 0 Å². The molecule has 4 nitrogen and oxygen atoms in total. The lowest BCUT2D eigenvalue weighted by Crippen LogP contribution is -2.17. The van der Waals surface area contributed by atoms with Crippen LogP contribution in [-0.4, -0.2) is 20.7 Å². The van der Waals surface area contributed by atoms with Gasteiger partial charge < -0.3 is 5.11 Å². The Balaban J connectivity index is 2.20. The van der Waals surface area contributed by atoms with E-state index >= 15 is 0 Å². The van der Waals surface area contributed by atoms with Gasteiger partial charge in [0.25, 0.3) is 0 Å². The number of halogens is 1. The standard InChI is InChI=1S/C15H17BrN2O2/c1-3-18-12(14(16)10(2)17-18)9-13(19)15(20)11-7-5-4-6-8-11/h4-8,15,20H,3,9H2,1-2H3. The predicted octanol–water partition coefficient (Wildman–Crippen LogP) is 2.82. The molecule has 0 bridgehead atoms. The molecule has 1 aromatic carbocycles. The van der Waals surface area contributed by atoms with Gasteiger partial charge in [0.15, 0.2) is 5.78 Å². The Kier molecular flexibility index (Phi) is 4.73. The molecule has 0 saturated heterocycles. The molecule has 2 rings (SSSR count). The molecule has 0 saturated carbocycles. The van der Waals surface area contributed by atoms with Gasteiger partial charge in [-0.05, 0) is 35.3 Å². The van der Waals surface area contributed by atoms with Gasteiger partial charge in [0.1, 0.15) is 6.10 Å². The molecule has 1 N–H and O–H groups in total. The number of hydrogen-bond donors (Lipinski definition) is 1. The summed E-state index contributed by atoms with van der Waals surface area (Å²) in [7, 11) is 0. The number of aliphatic hydroxyl groups excluding tert-OH is 1. The van der Waals surface area contributed by atoms with Crippen molar-refractivity contribution in [3.8, 4) is 0 Å². The van der Waals surface area contributed by atoms with Crippen molar-refractivity contribution in [3.05, 3.63) is 51.8 Å². The van der Waals surface area contributed by atoms with E-state index in [1.54, 1.807) is 16.8 Å². The van der Waals surface area contributed by atoms with Crippen molar-refractivity contribution in [2.75, 3.05) is 0 Å². The molecule has 1 aromatic heterocycles. The highest BCUT2D eigenvalue weighted by molar-refractivity contribution is 9.10. The minimum atomic E-state index is -1.09. The Morgan fingerprint density at radius 2 is 2.05 bits per heavy atom. The molecule has 5 heteroatoms. The van der Waals surface area contributed by atoms with E-state index < -0.39 is 6.10 Å². The summed E-state index contributed by atoms with van der Waals surface area (Å²) < 4.78 is 2.63. The Bertz CT molecular complexity index is 608. The van der Waals surface area contributed by atoms with E-state index in [0.717, 1.165) is 15.9 Å². The van der Waals surface area contributed by atoms with Crippen LogP contribution in [0, 0.1) is 6.92 Å². The summed E-state index contributed by atoms with van der Waals surface area (Å²) in [5, 5.41) is 14.5. The monoisotopic (exact) mass is 336 g/mol. The first-order valence-electron chi connectivity index (χ1n) is 6.52. The van der Waals surface area contributed by atoms with Crippen molar-refractivity contribution in [2.45, 2.75) is 32.9 Å². The van der Waals surface area contributed by atoms with E-state index in [1.807, 2.05) is 32.0 Å². The maximum atomic E-state index is 12.2. The fraction of sp³-hybridized carbons (Fsp3) is 0.333. The quantitative estimate of drug-likeness (QED) is 0.913. The van der Waals surface area contributed by atoms with Crippen LogP contribution in [0.5, 0.6) is 0 Å². The van der Waals surface area contributed by atoms with Crippen LogP contribution in [0.25, 0.3) is 0 Å². The fourth-order valence-corrected chi connectivity index (χ4v) is 2.54. The molecule has 0 spiro atoms. The topological polar surface area (TPSA) is 55.1 Å². The highest BCUT2D eigenvalue weighted by Crippen LogP contribution is 2.24. The van der Waals surface area contributed by atoms with Gasteiger partial charge in [0.2, 0.25) is 0 Å². The van der Waals surface area contributed by atoms with Gasteiger partial charge in [-0.25, -0.2) is 0 Å². The first-order chi connectivity index (χ1) is 9.54. The molecule has 0 aliphatic carbocycles. The highest BCUT2D eigenvalue weighted by Gasteiger charge is 2.21. The molecule has 2 aromatic rings. The number of carbonyl (C=O) groups is 1. The Morgan fingerprint density at radius 3 is 2.65 bits per heavy atom. The molecule has 0 aliphatic rings. The molecule has 0 aliphatic heterocycles. The second-order valence-electron chi connectivity index (χ2n) is 4.62. The summed E-state index contributed by atoms with van der Waals surface area (Å²) in [6.45, 7) is 4.55. The molecule has 1 atom stereocenters. The maximum Gasteiger partial charge on any atom is 0.171 e. The molecule has 106 valence electrons. The third-order valence-corrected chi connectivity index (χ3v) is 4.25. The average Bonchev–Trinajstić information content (AvgIpc) is 2.75. The summed E-state index contributed by atoms with van der Waals surface area (Å²) in [6.07, 6.45) is -0.936. The van der Waals surface area contributed by atoms with Gasteiger partial charge in [-0.3, -0.25) is 9.48 Å². The number of aryl methyl sites for hydroxylation is 2. The maximum absolute atomic E-state index is 12.2. The summed E-state index contributed by atoms with van der Waals surface area (Å²) in [5.74, 6) is -0.230. The normalized spacial score (nSPS) is 12.4. The number of carbonyl (C=O) groups excluding carboxylic acids is 1. The lowest BCUT2D eigenvalue weighted by atomic mass is 10.0. The molecular weight excluding hydrogens is 320 g/mol. The average molecular weight is 337 g/mol. The van der Waals surface area contributed by atoms with Gasteiger partial charge in [0.05, 0.1) is 22.3 Å². The number of hydrogen-bond acceptors (Lipinski definition) is 3. The third kappa shape index (κ3) is 2.99. The van der Waals surface area contributed by atoms with Crippen molar-refractivity contribution >= 4 is 21.7 Å². The Morgan fingerprint density at radius 1 is 1.40 bits per heavy atom.